The number of hydrogen-bond acceptors (Lipinski definition) is 3. The van der Waals surface area contributed by atoms with Crippen molar-refractivity contribution in [2.24, 2.45) is 5.73 Å². The summed E-state index contributed by atoms with van der Waals surface area (Å²) in [5, 5.41) is 0. The van der Waals surface area contributed by atoms with Crippen LogP contribution in [0.2, 0.25) is 0 Å². The van der Waals surface area contributed by atoms with Crippen LogP contribution in [0, 0.1) is 5.82 Å². The maximum absolute atomic E-state index is 12.8. The van der Waals surface area contributed by atoms with Crippen LogP contribution in [0.3, 0.4) is 0 Å². The van der Waals surface area contributed by atoms with E-state index in [2.05, 4.69) is 4.98 Å². The third kappa shape index (κ3) is 1.89. The Bertz CT molecular complexity index is 314. The Kier molecular flexibility index (Phi) is 2.72. The predicted octanol–water partition coefficient (Wildman–Crippen LogP) is 1.20. The van der Waals surface area contributed by atoms with Gasteiger partial charge in [-0.25, -0.2) is 18.2 Å². The van der Waals surface area contributed by atoms with Crippen molar-refractivity contribution in [3.8, 4) is 0 Å². The van der Waals surface area contributed by atoms with Crippen LogP contribution in [-0.4, -0.2) is 4.98 Å². The number of pyridine rings is 1. The number of halogens is 3. The highest BCUT2D eigenvalue weighted by atomic mass is 19.3. The molecule has 0 aliphatic carbocycles. The van der Waals surface area contributed by atoms with Crippen LogP contribution in [0.15, 0.2) is 6.07 Å². The van der Waals surface area contributed by atoms with Gasteiger partial charge >= 0.3 is 0 Å². The van der Waals surface area contributed by atoms with E-state index in [1.165, 1.54) is 0 Å². The van der Waals surface area contributed by atoms with E-state index in [1.807, 2.05) is 0 Å². The third-order valence-electron chi connectivity index (χ3n) is 1.52. The van der Waals surface area contributed by atoms with E-state index in [1.54, 1.807) is 0 Å². The highest BCUT2D eigenvalue weighted by molar-refractivity contribution is 5.44. The van der Waals surface area contributed by atoms with E-state index in [4.69, 9.17) is 11.5 Å². The standard InChI is InChI=1S/C7H8F3N3/c8-3-1-4(12)5(2-11)13-6(3)7(9)10/h1,7H,2,11-12H2. The van der Waals surface area contributed by atoms with Gasteiger partial charge in [-0.3, -0.25) is 0 Å². The SMILES string of the molecule is NCc1nc(C(F)F)c(F)cc1N. The molecule has 13 heavy (non-hydrogen) atoms. The van der Waals surface area contributed by atoms with Crippen molar-refractivity contribution in [2.45, 2.75) is 13.0 Å². The minimum atomic E-state index is -2.95. The van der Waals surface area contributed by atoms with Gasteiger partial charge in [0.05, 0.1) is 11.4 Å². The van der Waals surface area contributed by atoms with Crippen LogP contribution >= 0.6 is 0 Å². The Morgan fingerprint density at radius 3 is 2.54 bits per heavy atom. The van der Waals surface area contributed by atoms with Crippen molar-refractivity contribution in [2.75, 3.05) is 5.73 Å². The lowest BCUT2D eigenvalue weighted by Gasteiger charge is -2.06. The Balaban J connectivity index is 3.22. The number of anilines is 1. The van der Waals surface area contributed by atoms with E-state index in [0.29, 0.717) is 0 Å². The molecule has 0 spiro atoms. The highest BCUT2D eigenvalue weighted by Crippen LogP contribution is 2.22. The van der Waals surface area contributed by atoms with Crippen LogP contribution in [0.4, 0.5) is 18.9 Å². The molecule has 0 bridgehead atoms. The average molecular weight is 191 g/mol. The zero-order chi connectivity index (χ0) is 10.0. The first kappa shape index (κ1) is 9.79. The molecule has 0 amide bonds. The Labute approximate surface area is 72.6 Å². The first-order valence-corrected chi connectivity index (χ1v) is 3.49. The molecule has 0 aliphatic rings. The summed E-state index contributed by atoms with van der Waals surface area (Å²) in [6.45, 7) is -0.0914. The van der Waals surface area contributed by atoms with Crippen LogP contribution in [0.1, 0.15) is 17.8 Å². The lowest BCUT2D eigenvalue weighted by atomic mass is 10.2. The summed E-state index contributed by atoms with van der Waals surface area (Å²) < 4.78 is 36.9. The number of hydrogen-bond donors (Lipinski definition) is 2. The molecule has 0 saturated heterocycles. The summed E-state index contributed by atoms with van der Waals surface area (Å²) in [5.41, 5.74) is 9.60. The molecule has 6 heteroatoms. The fourth-order valence-electron chi connectivity index (χ4n) is 0.874. The molecule has 0 radical (unpaired) electrons. The second kappa shape index (κ2) is 3.61. The molecule has 0 saturated carbocycles. The molecule has 0 aliphatic heterocycles. The normalized spacial score (nSPS) is 10.8. The fourth-order valence-corrected chi connectivity index (χ4v) is 0.874. The van der Waals surface area contributed by atoms with E-state index in [9.17, 15) is 13.2 Å². The second-order valence-electron chi connectivity index (χ2n) is 2.40. The fraction of sp³-hybridized carbons (Fsp3) is 0.286. The van der Waals surface area contributed by atoms with Crippen molar-refractivity contribution >= 4 is 5.69 Å². The van der Waals surface area contributed by atoms with Crippen LogP contribution in [0.5, 0.6) is 0 Å². The zero-order valence-electron chi connectivity index (χ0n) is 6.60. The van der Waals surface area contributed by atoms with Crippen molar-refractivity contribution < 1.29 is 13.2 Å². The smallest absolute Gasteiger partial charge is 0.283 e. The molecule has 1 aromatic rings. The van der Waals surface area contributed by atoms with Crippen LogP contribution in [0.25, 0.3) is 0 Å². The molecule has 72 valence electrons. The van der Waals surface area contributed by atoms with Gasteiger partial charge in [0.1, 0.15) is 5.69 Å². The minimum Gasteiger partial charge on any atom is -0.397 e. The molecular formula is C7H8F3N3. The summed E-state index contributed by atoms with van der Waals surface area (Å²) in [5.74, 6) is -1.11. The molecule has 1 heterocycles. The third-order valence-corrected chi connectivity index (χ3v) is 1.52. The lowest BCUT2D eigenvalue weighted by Crippen LogP contribution is -2.08. The van der Waals surface area contributed by atoms with Crippen molar-refractivity contribution in [3.05, 3.63) is 23.3 Å². The molecule has 1 rings (SSSR count). The van der Waals surface area contributed by atoms with Gasteiger partial charge in [0.25, 0.3) is 6.43 Å². The zero-order valence-corrected chi connectivity index (χ0v) is 6.60. The van der Waals surface area contributed by atoms with E-state index < -0.39 is 17.9 Å². The summed E-state index contributed by atoms with van der Waals surface area (Å²) in [7, 11) is 0. The van der Waals surface area contributed by atoms with Gasteiger partial charge in [-0.2, -0.15) is 0 Å². The Morgan fingerprint density at radius 1 is 1.46 bits per heavy atom. The van der Waals surface area contributed by atoms with Crippen LogP contribution < -0.4 is 11.5 Å². The minimum absolute atomic E-state index is 0.00981. The first-order chi connectivity index (χ1) is 6.06. The Morgan fingerprint density at radius 2 is 2.08 bits per heavy atom. The average Bonchev–Trinajstić information content (AvgIpc) is 2.03. The number of alkyl halides is 2. The topological polar surface area (TPSA) is 64.9 Å². The number of nitrogens with zero attached hydrogens (tertiary/aromatic N) is 1. The van der Waals surface area contributed by atoms with Gasteiger partial charge in [0.2, 0.25) is 0 Å². The lowest BCUT2D eigenvalue weighted by molar-refractivity contribution is 0.140. The van der Waals surface area contributed by atoms with E-state index in [0.717, 1.165) is 6.07 Å². The van der Waals surface area contributed by atoms with Gasteiger partial charge in [0, 0.05) is 12.6 Å². The van der Waals surface area contributed by atoms with E-state index in [-0.39, 0.29) is 17.9 Å². The largest absolute Gasteiger partial charge is 0.397 e. The molecular weight excluding hydrogens is 183 g/mol. The number of aromatic nitrogens is 1. The van der Waals surface area contributed by atoms with Gasteiger partial charge in [-0.1, -0.05) is 0 Å². The molecule has 0 fully saturated rings. The molecule has 0 unspecified atom stereocenters. The van der Waals surface area contributed by atoms with Crippen molar-refractivity contribution in [3.63, 3.8) is 0 Å². The van der Waals surface area contributed by atoms with Crippen molar-refractivity contribution in [1.29, 1.82) is 0 Å². The van der Waals surface area contributed by atoms with E-state index >= 15 is 0 Å². The number of rotatable bonds is 2. The molecule has 0 atom stereocenters. The highest BCUT2D eigenvalue weighted by Gasteiger charge is 2.17. The molecule has 0 aromatic carbocycles. The summed E-state index contributed by atoms with van der Waals surface area (Å²) >= 11 is 0. The quantitative estimate of drug-likeness (QED) is 0.738. The maximum Gasteiger partial charge on any atom is 0.283 e. The maximum atomic E-state index is 12.8. The van der Waals surface area contributed by atoms with Gasteiger partial charge < -0.3 is 11.5 Å². The summed E-state index contributed by atoms with van der Waals surface area (Å²) in [6, 6.07) is 0.802. The van der Waals surface area contributed by atoms with Gasteiger partial charge in [-0.05, 0) is 0 Å². The molecule has 4 N–H and O–H groups in total. The van der Waals surface area contributed by atoms with Gasteiger partial charge in [-0.15, -0.1) is 0 Å². The molecule has 3 nitrogen and oxygen atoms in total. The first-order valence-electron chi connectivity index (χ1n) is 3.49. The van der Waals surface area contributed by atoms with Crippen LogP contribution in [-0.2, 0) is 6.54 Å². The van der Waals surface area contributed by atoms with Crippen molar-refractivity contribution in [1.82, 2.24) is 4.98 Å². The second-order valence-corrected chi connectivity index (χ2v) is 2.40. The number of nitrogen functional groups attached to an aromatic ring is 1. The molecule has 1 aromatic heterocycles. The number of nitrogens with two attached hydrogens (primary N) is 2. The monoisotopic (exact) mass is 191 g/mol. The van der Waals surface area contributed by atoms with Gasteiger partial charge in [0.15, 0.2) is 5.82 Å². The summed E-state index contributed by atoms with van der Waals surface area (Å²) in [6.07, 6.45) is -2.95. The Hall–Kier alpha value is -1.30. The predicted molar refractivity (Wildman–Crippen MR) is 41.5 cm³/mol. The summed E-state index contributed by atoms with van der Waals surface area (Å²) in [4.78, 5) is 3.31.